The summed E-state index contributed by atoms with van der Waals surface area (Å²) in [6, 6.07) is 32.7. The topological polar surface area (TPSA) is 34.1 Å². The number of amidine groups is 1. The van der Waals surface area contributed by atoms with Gasteiger partial charge in [-0.25, -0.2) is 4.99 Å². The van der Waals surface area contributed by atoms with Crippen molar-refractivity contribution in [2.45, 2.75) is 25.8 Å². The Balaban J connectivity index is 1.72. The van der Waals surface area contributed by atoms with Crippen molar-refractivity contribution in [2.24, 2.45) is 4.99 Å². The van der Waals surface area contributed by atoms with Gasteiger partial charge < -0.3 is 14.4 Å². The molecule has 6 heteroatoms. The molecule has 4 nitrogen and oxygen atoms in total. The molecule has 0 spiro atoms. The normalized spacial score (nSPS) is 11.3. The number of hydrogen-bond donors (Lipinski definition) is 0. The Kier molecular flexibility index (Phi) is 9.52. The van der Waals surface area contributed by atoms with Crippen LogP contribution >= 0.6 is 23.4 Å². The van der Waals surface area contributed by atoms with Crippen molar-refractivity contribution in [1.29, 1.82) is 0 Å². The maximum Gasteiger partial charge on any atom is 0.165 e. The van der Waals surface area contributed by atoms with Crippen molar-refractivity contribution in [3.63, 3.8) is 0 Å². The molecule has 0 radical (unpaired) electrons. The fraction of sp³-hybridized carbons (Fsp3) is 0.194. The van der Waals surface area contributed by atoms with Crippen LogP contribution in [0.5, 0.6) is 11.5 Å². The smallest absolute Gasteiger partial charge is 0.165 e. The minimum absolute atomic E-state index is 0.691. The second kappa shape index (κ2) is 13.2. The predicted molar refractivity (Wildman–Crippen MR) is 156 cm³/mol. The summed E-state index contributed by atoms with van der Waals surface area (Å²) in [5.41, 5.74) is 5.43. The van der Waals surface area contributed by atoms with Gasteiger partial charge in [0.2, 0.25) is 0 Å². The van der Waals surface area contributed by atoms with Gasteiger partial charge in [0, 0.05) is 23.9 Å². The van der Waals surface area contributed by atoms with Crippen molar-refractivity contribution in [3.05, 3.63) is 124 Å². The van der Waals surface area contributed by atoms with E-state index in [4.69, 9.17) is 26.1 Å². The highest BCUT2D eigenvalue weighted by Crippen LogP contribution is 2.30. The number of hydrogen-bond acceptors (Lipinski definition) is 4. The molecule has 4 aromatic carbocycles. The van der Waals surface area contributed by atoms with Crippen LogP contribution in [0.25, 0.3) is 0 Å². The van der Waals surface area contributed by atoms with Crippen molar-refractivity contribution in [3.8, 4) is 11.5 Å². The third-order valence-electron chi connectivity index (χ3n) is 6.00. The van der Waals surface area contributed by atoms with Crippen LogP contribution in [0.2, 0.25) is 5.02 Å². The van der Waals surface area contributed by atoms with Crippen LogP contribution in [-0.2, 0) is 18.8 Å². The molecule has 37 heavy (non-hydrogen) atoms. The summed E-state index contributed by atoms with van der Waals surface area (Å²) in [6.45, 7) is 3.39. The molecule has 0 aromatic heterocycles. The van der Waals surface area contributed by atoms with Gasteiger partial charge in [-0.05, 0) is 65.6 Å². The van der Waals surface area contributed by atoms with Gasteiger partial charge in [-0.1, -0.05) is 84.0 Å². The average molecular weight is 531 g/mol. The molecule has 0 atom stereocenters. The minimum atomic E-state index is 0.691. The average Bonchev–Trinajstić information content (AvgIpc) is 2.94. The maximum absolute atomic E-state index is 6.45. The Morgan fingerprint density at radius 1 is 0.730 bits per heavy atom. The first-order chi connectivity index (χ1) is 18.1. The standard InChI is InChI=1S/C31H31ClN2O2S/c1-23-29(32)10-7-11-30(23)33-31(37-22-26-8-5-4-6-9-26)34(20-24-12-16-27(35-2)17-13-24)21-25-14-18-28(36-3)19-15-25/h4-19H,20-22H2,1-3H3. The lowest BCUT2D eigenvalue weighted by molar-refractivity contribution is 0.405. The molecule has 0 saturated carbocycles. The Labute approximate surface area is 228 Å². The molecule has 0 bridgehead atoms. The number of aliphatic imine (C=N–C) groups is 1. The number of benzene rings is 4. The molecule has 0 unspecified atom stereocenters. The molecule has 4 aromatic rings. The molecular formula is C31H31ClN2O2S. The highest BCUT2D eigenvalue weighted by Gasteiger charge is 2.16. The second-order valence-electron chi connectivity index (χ2n) is 8.60. The monoisotopic (exact) mass is 530 g/mol. The van der Waals surface area contributed by atoms with Gasteiger partial charge in [0.05, 0.1) is 19.9 Å². The Morgan fingerprint density at radius 2 is 1.30 bits per heavy atom. The van der Waals surface area contributed by atoms with E-state index in [0.717, 1.165) is 33.7 Å². The number of rotatable bonds is 9. The molecular weight excluding hydrogens is 500 g/mol. The number of nitrogens with zero attached hydrogens (tertiary/aromatic N) is 2. The summed E-state index contributed by atoms with van der Waals surface area (Å²) in [5.74, 6) is 2.49. The zero-order valence-electron chi connectivity index (χ0n) is 21.4. The van der Waals surface area contributed by atoms with Gasteiger partial charge >= 0.3 is 0 Å². The predicted octanol–water partition coefficient (Wildman–Crippen LogP) is 8.29. The lowest BCUT2D eigenvalue weighted by Crippen LogP contribution is -2.28. The number of ether oxygens (including phenoxy) is 2. The Bertz CT molecular complexity index is 1260. The van der Waals surface area contributed by atoms with Crippen molar-refractivity contribution < 1.29 is 9.47 Å². The van der Waals surface area contributed by atoms with E-state index in [1.54, 1.807) is 26.0 Å². The van der Waals surface area contributed by atoms with Crippen LogP contribution < -0.4 is 9.47 Å². The van der Waals surface area contributed by atoms with E-state index < -0.39 is 0 Å². The molecule has 4 rings (SSSR count). The largest absolute Gasteiger partial charge is 0.497 e. The van der Waals surface area contributed by atoms with E-state index in [1.165, 1.54) is 16.7 Å². The quantitative estimate of drug-likeness (QED) is 0.161. The Morgan fingerprint density at radius 3 is 1.84 bits per heavy atom. The molecule has 0 aliphatic heterocycles. The van der Waals surface area contributed by atoms with Gasteiger partial charge in [0.15, 0.2) is 5.17 Å². The van der Waals surface area contributed by atoms with Crippen LogP contribution in [0.3, 0.4) is 0 Å². The Hall–Kier alpha value is -3.41. The first-order valence-corrected chi connectivity index (χ1v) is 13.4. The molecule has 190 valence electrons. The summed E-state index contributed by atoms with van der Waals surface area (Å²) < 4.78 is 10.7. The van der Waals surface area contributed by atoms with Gasteiger partial charge in [-0.15, -0.1) is 0 Å². The highest BCUT2D eigenvalue weighted by atomic mass is 35.5. The van der Waals surface area contributed by atoms with Crippen molar-refractivity contribution in [2.75, 3.05) is 14.2 Å². The van der Waals surface area contributed by atoms with E-state index in [0.29, 0.717) is 18.1 Å². The summed E-state index contributed by atoms with van der Waals surface area (Å²) in [7, 11) is 3.37. The van der Waals surface area contributed by atoms with E-state index in [9.17, 15) is 0 Å². The molecule has 0 aliphatic rings. The van der Waals surface area contributed by atoms with E-state index in [1.807, 2.05) is 55.5 Å². The fourth-order valence-electron chi connectivity index (χ4n) is 3.83. The third kappa shape index (κ3) is 7.54. The van der Waals surface area contributed by atoms with Gasteiger partial charge in [0.25, 0.3) is 0 Å². The molecule has 0 heterocycles. The summed E-state index contributed by atoms with van der Waals surface area (Å²) >= 11 is 8.18. The zero-order valence-corrected chi connectivity index (χ0v) is 22.9. The number of thioether (sulfide) groups is 1. The van der Waals surface area contributed by atoms with Gasteiger partial charge in [-0.2, -0.15) is 0 Å². The van der Waals surface area contributed by atoms with Crippen molar-refractivity contribution >= 4 is 34.2 Å². The van der Waals surface area contributed by atoms with Crippen LogP contribution in [0.1, 0.15) is 22.3 Å². The van der Waals surface area contributed by atoms with Crippen LogP contribution in [-0.4, -0.2) is 24.3 Å². The van der Waals surface area contributed by atoms with Crippen LogP contribution in [0.15, 0.2) is 102 Å². The highest BCUT2D eigenvalue weighted by molar-refractivity contribution is 8.13. The third-order valence-corrected chi connectivity index (χ3v) is 7.50. The van der Waals surface area contributed by atoms with Gasteiger partial charge in [0.1, 0.15) is 11.5 Å². The molecule has 0 fully saturated rings. The number of methoxy groups -OCH3 is 2. The SMILES string of the molecule is COc1ccc(CN(Cc2ccc(OC)cc2)C(=Nc2cccc(Cl)c2C)SCc2ccccc2)cc1. The van der Waals surface area contributed by atoms with Gasteiger partial charge in [-0.3, -0.25) is 0 Å². The zero-order chi connectivity index (χ0) is 26.0. The van der Waals surface area contributed by atoms with Crippen LogP contribution in [0, 0.1) is 6.92 Å². The maximum atomic E-state index is 6.45. The molecule has 0 saturated heterocycles. The van der Waals surface area contributed by atoms with E-state index >= 15 is 0 Å². The lowest BCUT2D eigenvalue weighted by atomic mass is 10.1. The number of halogens is 1. The molecule has 0 N–H and O–H groups in total. The lowest BCUT2D eigenvalue weighted by Gasteiger charge is -2.27. The van der Waals surface area contributed by atoms with E-state index in [-0.39, 0.29) is 0 Å². The minimum Gasteiger partial charge on any atom is -0.497 e. The van der Waals surface area contributed by atoms with Crippen LogP contribution in [0.4, 0.5) is 5.69 Å². The second-order valence-corrected chi connectivity index (χ2v) is 9.95. The van der Waals surface area contributed by atoms with Crippen molar-refractivity contribution in [1.82, 2.24) is 4.90 Å². The summed E-state index contributed by atoms with van der Waals surface area (Å²) in [6.07, 6.45) is 0. The fourth-order valence-corrected chi connectivity index (χ4v) is 4.96. The first kappa shape index (κ1) is 26.6. The van der Waals surface area contributed by atoms with E-state index in [2.05, 4.69) is 53.4 Å². The first-order valence-electron chi connectivity index (χ1n) is 12.1. The summed E-state index contributed by atoms with van der Waals surface area (Å²) in [5, 5.41) is 1.64. The molecule has 0 amide bonds. The molecule has 0 aliphatic carbocycles. The summed E-state index contributed by atoms with van der Waals surface area (Å²) in [4.78, 5) is 7.48.